The Morgan fingerprint density at radius 2 is 2.16 bits per heavy atom. The molecule has 2 atom stereocenters. The molecular formula is C15H30N2O2. The van der Waals surface area contributed by atoms with Crippen LogP contribution in [0, 0.1) is 5.41 Å². The highest BCUT2D eigenvalue weighted by Gasteiger charge is 2.18. The molecule has 4 heteroatoms. The van der Waals surface area contributed by atoms with Gasteiger partial charge in [-0.1, -0.05) is 27.2 Å². The molecule has 1 aliphatic rings. The minimum atomic E-state index is -0.447. The highest BCUT2D eigenvalue weighted by Crippen LogP contribution is 2.20. The Labute approximate surface area is 117 Å². The van der Waals surface area contributed by atoms with Crippen molar-refractivity contribution in [2.24, 2.45) is 5.41 Å². The van der Waals surface area contributed by atoms with E-state index in [4.69, 9.17) is 0 Å². The van der Waals surface area contributed by atoms with Crippen LogP contribution >= 0.6 is 0 Å². The van der Waals surface area contributed by atoms with Crippen LogP contribution in [0.4, 0.5) is 0 Å². The molecule has 4 nitrogen and oxygen atoms in total. The third-order valence-corrected chi connectivity index (χ3v) is 3.52. The van der Waals surface area contributed by atoms with E-state index >= 15 is 0 Å². The normalized spacial score (nSPS) is 22.0. The Balaban J connectivity index is 2.10. The van der Waals surface area contributed by atoms with Gasteiger partial charge in [-0.2, -0.15) is 0 Å². The summed E-state index contributed by atoms with van der Waals surface area (Å²) in [5.41, 5.74) is 0.0934. The van der Waals surface area contributed by atoms with E-state index in [1.807, 2.05) is 0 Å². The van der Waals surface area contributed by atoms with Crippen molar-refractivity contribution >= 4 is 5.91 Å². The lowest BCUT2D eigenvalue weighted by molar-refractivity contribution is -0.121. The molecule has 0 radical (unpaired) electrons. The molecular weight excluding hydrogens is 240 g/mol. The van der Waals surface area contributed by atoms with Crippen molar-refractivity contribution in [3.8, 4) is 0 Å². The van der Waals surface area contributed by atoms with E-state index in [0.717, 1.165) is 13.0 Å². The smallest absolute Gasteiger partial charge is 0.220 e. The lowest BCUT2D eigenvalue weighted by atomic mass is 9.89. The number of hydrogen-bond acceptors (Lipinski definition) is 3. The summed E-state index contributed by atoms with van der Waals surface area (Å²) >= 11 is 0. The highest BCUT2D eigenvalue weighted by atomic mass is 16.3. The predicted molar refractivity (Wildman–Crippen MR) is 78.0 cm³/mol. The van der Waals surface area contributed by atoms with E-state index in [-0.39, 0.29) is 11.3 Å². The number of amides is 1. The Bertz CT molecular complexity index is 268. The Morgan fingerprint density at radius 1 is 1.42 bits per heavy atom. The van der Waals surface area contributed by atoms with Gasteiger partial charge >= 0.3 is 0 Å². The van der Waals surface area contributed by atoms with Gasteiger partial charge in [-0.25, -0.2) is 0 Å². The van der Waals surface area contributed by atoms with Gasteiger partial charge in [0.2, 0.25) is 5.91 Å². The molecule has 0 aromatic heterocycles. The molecule has 0 spiro atoms. The van der Waals surface area contributed by atoms with Crippen LogP contribution in [0.25, 0.3) is 0 Å². The van der Waals surface area contributed by atoms with Gasteiger partial charge in [-0.3, -0.25) is 4.79 Å². The van der Waals surface area contributed by atoms with E-state index in [1.165, 1.54) is 19.3 Å². The zero-order valence-corrected chi connectivity index (χ0v) is 12.7. The van der Waals surface area contributed by atoms with Crippen LogP contribution in [-0.4, -0.2) is 36.2 Å². The second-order valence-corrected chi connectivity index (χ2v) is 6.91. The molecule has 19 heavy (non-hydrogen) atoms. The van der Waals surface area contributed by atoms with E-state index in [0.29, 0.717) is 25.4 Å². The highest BCUT2D eigenvalue weighted by molar-refractivity contribution is 5.75. The number of carbonyl (C=O) groups excluding carboxylic acids is 1. The standard InChI is InChI=1S/C15H30N2O2/c1-15(2,3)10-13(18)11-17-14(19)8-7-12-6-4-5-9-16-12/h12-13,16,18H,4-11H2,1-3H3,(H,17,19). The first kappa shape index (κ1) is 16.4. The summed E-state index contributed by atoms with van der Waals surface area (Å²) in [5, 5.41) is 16.1. The second-order valence-electron chi connectivity index (χ2n) is 6.91. The van der Waals surface area contributed by atoms with Crippen molar-refractivity contribution < 1.29 is 9.90 Å². The molecule has 0 bridgehead atoms. The van der Waals surface area contributed by atoms with Crippen molar-refractivity contribution in [1.29, 1.82) is 0 Å². The Morgan fingerprint density at radius 3 is 2.74 bits per heavy atom. The van der Waals surface area contributed by atoms with Crippen LogP contribution in [0.1, 0.15) is 59.3 Å². The summed E-state index contributed by atoms with van der Waals surface area (Å²) in [6, 6.07) is 0.499. The summed E-state index contributed by atoms with van der Waals surface area (Å²) in [5.74, 6) is 0.0559. The molecule has 1 aliphatic heterocycles. The molecule has 1 saturated heterocycles. The average molecular weight is 270 g/mol. The molecule has 0 aromatic carbocycles. The summed E-state index contributed by atoms with van der Waals surface area (Å²) in [6.45, 7) is 7.72. The molecule has 2 unspecified atom stereocenters. The van der Waals surface area contributed by atoms with Crippen molar-refractivity contribution in [2.75, 3.05) is 13.1 Å². The SMILES string of the molecule is CC(C)(C)CC(O)CNC(=O)CCC1CCCCN1. The molecule has 0 saturated carbocycles. The Kier molecular flexibility index (Phi) is 6.80. The second kappa shape index (κ2) is 7.85. The van der Waals surface area contributed by atoms with Gasteiger partial charge in [0.25, 0.3) is 0 Å². The molecule has 112 valence electrons. The van der Waals surface area contributed by atoms with Crippen LogP contribution in [0.2, 0.25) is 0 Å². The molecule has 1 amide bonds. The zero-order valence-electron chi connectivity index (χ0n) is 12.7. The van der Waals surface area contributed by atoms with Gasteiger partial charge in [0.1, 0.15) is 0 Å². The van der Waals surface area contributed by atoms with Crippen LogP contribution in [0.3, 0.4) is 0 Å². The van der Waals surface area contributed by atoms with Gasteiger partial charge in [0, 0.05) is 19.0 Å². The van der Waals surface area contributed by atoms with E-state index in [1.54, 1.807) is 0 Å². The lowest BCUT2D eigenvalue weighted by Gasteiger charge is -2.24. The largest absolute Gasteiger partial charge is 0.391 e. The zero-order chi connectivity index (χ0) is 14.3. The van der Waals surface area contributed by atoms with Crippen LogP contribution in [-0.2, 0) is 4.79 Å². The van der Waals surface area contributed by atoms with Crippen molar-refractivity contribution in [2.45, 2.75) is 71.4 Å². The third kappa shape index (κ3) is 8.22. The number of aliphatic hydroxyl groups is 1. The van der Waals surface area contributed by atoms with Crippen LogP contribution in [0.15, 0.2) is 0 Å². The number of hydrogen-bond donors (Lipinski definition) is 3. The van der Waals surface area contributed by atoms with Crippen molar-refractivity contribution in [1.82, 2.24) is 10.6 Å². The maximum absolute atomic E-state index is 11.7. The lowest BCUT2D eigenvalue weighted by Crippen LogP contribution is -2.37. The molecule has 1 heterocycles. The maximum atomic E-state index is 11.7. The molecule has 0 aliphatic carbocycles. The van der Waals surface area contributed by atoms with E-state index in [2.05, 4.69) is 31.4 Å². The molecule has 3 N–H and O–H groups in total. The minimum absolute atomic E-state index is 0.0559. The van der Waals surface area contributed by atoms with Gasteiger partial charge in [-0.05, 0) is 37.6 Å². The quantitative estimate of drug-likeness (QED) is 0.690. The topological polar surface area (TPSA) is 61.4 Å². The van der Waals surface area contributed by atoms with E-state index < -0.39 is 6.10 Å². The average Bonchev–Trinajstić information content (AvgIpc) is 2.33. The first-order valence-electron chi connectivity index (χ1n) is 7.55. The fraction of sp³-hybridized carbons (Fsp3) is 0.933. The van der Waals surface area contributed by atoms with Gasteiger partial charge in [-0.15, -0.1) is 0 Å². The maximum Gasteiger partial charge on any atom is 0.220 e. The van der Waals surface area contributed by atoms with Gasteiger partial charge < -0.3 is 15.7 Å². The first-order valence-corrected chi connectivity index (χ1v) is 7.55. The molecule has 1 rings (SSSR count). The van der Waals surface area contributed by atoms with Gasteiger partial charge in [0.05, 0.1) is 6.10 Å². The third-order valence-electron chi connectivity index (χ3n) is 3.52. The molecule has 1 fully saturated rings. The summed E-state index contributed by atoms with van der Waals surface area (Å²) < 4.78 is 0. The number of nitrogens with one attached hydrogen (secondary N) is 2. The monoisotopic (exact) mass is 270 g/mol. The van der Waals surface area contributed by atoms with Crippen molar-refractivity contribution in [3.63, 3.8) is 0 Å². The fourth-order valence-corrected chi connectivity index (χ4v) is 2.57. The van der Waals surface area contributed by atoms with Crippen molar-refractivity contribution in [3.05, 3.63) is 0 Å². The Hall–Kier alpha value is -0.610. The number of piperidine rings is 1. The molecule has 0 aromatic rings. The van der Waals surface area contributed by atoms with Gasteiger partial charge in [0.15, 0.2) is 0 Å². The number of carbonyl (C=O) groups is 1. The summed E-state index contributed by atoms with van der Waals surface area (Å²) in [4.78, 5) is 11.7. The van der Waals surface area contributed by atoms with E-state index in [9.17, 15) is 9.90 Å². The summed E-state index contributed by atoms with van der Waals surface area (Å²) in [6.07, 6.45) is 5.42. The minimum Gasteiger partial charge on any atom is -0.391 e. The summed E-state index contributed by atoms with van der Waals surface area (Å²) in [7, 11) is 0. The predicted octanol–water partition coefficient (Wildman–Crippen LogP) is 1.82. The van der Waals surface area contributed by atoms with Crippen LogP contribution in [0.5, 0.6) is 0 Å². The first-order chi connectivity index (χ1) is 8.87. The number of aliphatic hydroxyl groups excluding tert-OH is 1. The number of rotatable bonds is 6. The fourth-order valence-electron chi connectivity index (χ4n) is 2.57. The van der Waals surface area contributed by atoms with Crippen LogP contribution < -0.4 is 10.6 Å².